The first-order valence-corrected chi connectivity index (χ1v) is 16.5. The lowest BCUT2D eigenvalue weighted by molar-refractivity contribution is -0.165. The summed E-state index contributed by atoms with van der Waals surface area (Å²) in [6.45, 7) is 2.10. The van der Waals surface area contributed by atoms with Crippen LogP contribution in [0.25, 0.3) is 0 Å². The molecule has 3 aromatic carbocycles. The van der Waals surface area contributed by atoms with Crippen LogP contribution < -0.4 is 14.4 Å². The van der Waals surface area contributed by atoms with Gasteiger partial charge in [0.15, 0.2) is 0 Å². The number of esters is 1. The van der Waals surface area contributed by atoms with E-state index < -0.39 is 5.92 Å². The van der Waals surface area contributed by atoms with Crippen molar-refractivity contribution in [3.8, 4) is 11.5 Å². The molecule has 1 aliphatic carbocycles. The average molecular weight is 668 g/mol. The second kappa shape index (κ2) is 14.2. The van der Waals surface area contributed by atoms with Gasteiger partial charge in [0.25, 0.3) is 0 Å². The smallest absolute Gasteiger partial charge is 0.311 e. The van der Waals surface area contributed by atoms with E-state index in [0.29, 0.717) is 53.6 Å². The van der Waals surface area contributed by atoms with Gasteiger partial charge in [-0.15, -0.1) is 0 Å². The lowest BCUT2D eigenvalue weighted by Crippen LogP contribution is -2.53. The number of carbonyl (C=O) groups excluding carboxylic acids is 2. The predicted octanol–water partition coefficient (Wildman–Crippen LogP) is 7.10. The molecule has 0 unspecified atom stereocenters. The fourth-order valence-electron chi connectivity index (χ4n) is 7.58. The molecule has 2 heterocycles. The van der Waals surface area contributed by atoms with Crippen molar-refractivity contribution >= 4 is 40.8 Å². The van der Waals surface area contributed by atoms with Gasteiger partial charge in [-0.3, -0.25) is 14.5 Å². The highest BCUT2D eigenvalue weighted by atomic mass is 35.5. The van der Waals surface area contributed by atoms with E-state index in [1.54, 1.807) is 26.4 Å². The van der Waals surface area contributed by atoms with Crippen LogP contribution in [0.1, 0.15) is 48.4 Å². The van der Waals surface area contributed by atoms with Gasteiger partial charge in [0.2, 0.25) is 5.91 Å². The first kappa shape index (κ1) is 32.6. The topological polar surface area (TPSA) is 77.5 Å². The molecule has 6 rings (SSSR count). The molecule has 8 nitrogen and oxygen atoms in total. The van der Waals surface area contributed by atoms with Crippen molar-refractivity contribution < 1.29 is 28.5 Å². The SMILES string of the molecule is COC(=O)[C@@H]1[C@H]2C[C@H]3c4ccccc4N(Cc4ccc(OC)cc4Cl)C(=O)CCN3C[C@@H]2CC[C@@H]1OCc1ccc(OC)cc1Cl. The second-order valence-corrected chi connectivity index (χ2v) is 13.2. The van der Waals surface area contributed by atoms with Crippen molar-refractivity contribution in [1.82, 2.24) is 4.90 Å². The Labute approximate surface area is 280 Å². The summed E-state index contributed by atoms with van der Waals surface area (Å²) in [5, 5.41) is 1.12. The third kappa shape index (κ3) is 6.58. The van der Waals surface area contributed by atoms with Crippen molar-refractivity contribution in [2.24, 2.45) is 17.8 Å². The number of fused-ring (bicyclic) bond motifs is 4. The van der Waals surface area contributed by atoms with Gasteiger partial charge in [-0.25, -0.2) is 0 Å². The average Bonchev–Trinajstić information content (AvgIpc) is 3.08. The third-order valence-electron chi connectivity index (χ3n) is 9.97. The minimum absolute atomic E-state index is 0.0290. The highest BCUT2D eigenvalue weighted by Crippen LogP contribution is 2.50. The highest BCUT2D eigenvalue weighted by molar-refractivity contribution is 6.31. The summed E-state index contributed by atoms with van der Waals surface area (Å²) < 4.78 is 22.5. The van der Waals surface area contributed by atoms with E-state index in [-0.39, 0.29) is 29.9 Å². The van der Waals surface area contributed by atoms with Crippen LogP contribution >= 0.6 is 23.2 Å². The summed E-state index contributed by atoms with van der Waals surface area (Å²) in [6, 6.07) is 19.2. The van der Waals surface area contributed by atoms with Crippen LogP contribution in [0.3, 0.4) is 0 Å². The van der Waals surface area contributed by atoms with Crippen LogP contribution in [0.4, 0.5) is 5.69 Å². The highest BCUT2D eigenvalue weighted by Gasteiger charge is 2.50. The normalized spacial score (nSPS) is 24.6. The summed E-state index contributed by atoms with van der Waals surface area (Å²) in [7, 11) is 4.66. The number of benzene rings is 3. The molecule has 0 bridgehead atoms. The molecule has 244 valence electrons. The van der Waals surface area contributed by atoms with E-state index in [4.69, 9.17) is 42.1 Å². The number of hydrogen-bond acceptors (Lipinski definition) is 7. The van der Waals surface area contributed by atoms with Crippen molar-refractivity contribution in [3.05, 3.63) is 87.4 Å². The van der Waals surface area contributed by atoms with Gasteiger partial charge in [0.1, 0.15) is 11.5 Å². The van der Waals surface area contributed by atoms with Gasteiger partial charge in [-0.2, -0.15) is 0 Å². The Hall–Kier alpha value is -3.30. The number of carbonyl (C=O) groups is 2. The maximum Gasteiger partial charge on any atom is 0.311 e. The number of halogens is 2. The van der Waals surface area contributed by atoms with Gasteiger partial charge in [0.05, 0.1) is 46.5 Å². The first-order valence-electron chi connectivity index (χ1n) is 15.8. The molecule has 2 fully saturated rings. The number of nitrogens with zero attached hydrogens (tertiary/aromatic N) is 2. The molecule has 0 N–H and O–H groups in total. The summed E-state index contributed by atoms with van der Waals surface area (Å²) in [5.41, 5.74) is 3.65. The number of amides is 1. The Kier molecular flexibility index (Phi) is 10.1. The Morgan fingerprint density at radius 3 is 2.28 bits per heavy atom. The van der Waals surface area contributed by atoms with Gasteiger partial charge in [-0.05, 0) is 78.1 Å². The fraction of sp³-hybridized carbons (Fsp3) is 0.444. The van der Waals surface area contributed by atoms with Gasteiger partial charge >= 0.3 is 5.97 Å². The lowest BCUT2D eigenvalue weighted by atomic mass is 9.65. The molecule has 3 aliphatic rings. The van der Waals surface area contributed by atoms with Crippen LogP contribution in [-0.4, -0.2) is 57.3 Å². The molecular formula is C36H40Cl2N2O6. The quantitative estimate of drug-likeness (QED) is 0.238. The number of anilines is 1. The molecule has 1 amide bonds. The van der Waals surface area contributed by atoms with Crippen molar-refractivity contribution in [2.45, 2.75) is 51.0 Å². The van der Waals surface area contributed by atoms with E-state index in [0.717, 1.165) is 48.2 Å². The zero-order valence-corrected chi connectivity index (χ0v) is 27.9. The van der Waals surface area contributed by atoms with Crippen LogP contribution in [0.2, 0.25) is 10.0 Å². The van der Waals surface area contributed by atoms with Crippen molar-refractivity contribution in [1.29, 1.82) is 0 Å². The summed E-state index contributed by atoms with van der Waals surface area (Å²) >= 11 is 13.1. The number of ether oxygens (including phenoxy) is 4. The van der Waals surface area contributed by atoms with Crippen LogP contribution in [0, 0.1) is 17.8 Å². The van der Waals surface area contributed by atoms with E-state index >= 15 is 0 Å². The number of methoxy groups -OCH3 is 3. The molecule has 3 aromatic rings. The van der Waals surface area contributed by atoms with Gasteiger partial charge in [0, 0.05) is 41.3 Å². The van der Waals surface area contributed by atoms with Crippen LogP contribution in [-0.2, 0) is 32.2 Å². The molecule has 5 atom stereocenters. The van der Waals surface area contributed by atoms with E-state index in [2.05, 4.69) is 11.0 Å². The van der Waals surface area contributed by atoms with Crippen LogP contribution in [0.5, 0.6) is 11.5 Å². The number of para-hydroxylation sites is 1. The summed E-state index contributed by atoms with van der Waals surface area (Å²) in [4.78, 5) is 31.5. The lowest BCUT2D eigenvalue weighted by Gasteiger charge is -2.51. The van der Waals surface area contributed by atoms with E-state index in [1.807, 2.05) is 47.4 Å². The van der Waals surface area contributed by atoms with E-state index in [1.165, 1.54) is 7.11 Å². The molecule has 1 saturated heterocycles. The molecule has 0 aromatic heterocycles. The molecular weight excluding hydrogens is 627 g/mol. The Morgan fingerprint density at radius 1 is 0.913 bits per heavy atom. The maximum atomic E-state index is 13.7. The summed E-state index contributed by atoms with van der Waals surface area (Å²) in [5.74, 6) is 1.12. The monoisotopic (exact) mass is 666 g/mol. The summed E-state index contributed by atoms with van der Waals surface area (Å²) in [6.07, 6.45) is 2.54. The zero-order valence-electron chi connectivity index (χ0n) is 26.4. The predicted molar refractivity (Wildman–Crippen MR) is 177 cm³/mol. The largest absolute Gasteiger partial charge is 0.497 e. The first-order chi connectivity index (χ1) is 22.3. The fourth-order valence-corrected chi connectivity index (χ4v) is 8.04. The Bertz CT molecular complexity index is 1580. The third-order valence-corrected chi connectivity index (χ3v) is 10.7. The van der Waals surface area contributed by atoms with Crippen molar-refractivity contribution in [3.63, 3.8) is 0 Å². The van der Waals surface area contributed by atoms with E-state index in [9.17, 15) is 9.59 Å². The number of hydrogen-bond donors (Lipinski definition) is 0. The molecule has 10 heteroatoms. The minimum Gasteiger partial charge on any atom is -0.497 e. The second-order valence-electron chi connectivity index (χ2n) is 12.3. The van der Waals surface area contributed by atoms with Crippen LogP contribution in [0.15, 0.2) is 60.7 Å². The Balaban J connectivity index is 1.28. The molecule has 0 spiro atoms. The number of rotatable bonds is 8. The number of piperidine rings is 1. The van der Waals surface area contributed by atoms with Gasteiger partial charge < -0.3 is 23.8 Å². The molecule has 2 aliphatic heterocycles. The minimum atomic E-state index is -0.406. The van der Waals surface area contributed by atoms with Crippen molar-refractivity contribution in [2.75, 3.05) is 39.3 Å². The molecule has 1 saturated carbocycles. The zero-order chi connectivity index (χ0) is 32.4. The maximum absolute atomic E-state index is 13.7. The molecule has 0 radical (unpaired) electrons. The Morgan fingerprint density at radius 2 is 1.61 bits per heavy atom. The molecule has 46 heavy (non-hydrogen) atoms. The van der Waals surface area contributed by atoms with Gasteiger partial charge in [-0.1, -0.05) is 53.5 Å². The standard InChI is InChI=1S/C36H40Cl2N2O6/c1-43-25-11-8-23(29(37)16-25)20-40-31-7-5-4-6-27(31)32-18-28-22(19-39(32)15-14-34(40)41)10-13-33(35(28)36(42)45-3)46-21-24-9-12-26(44-2)17-30(24)38/h4-9,11-12,16-17,22,28,32-33,35H,10,13-15,18-21H2,1-3H3/t22-,28-,32-,33-,35+/m0/s1.